The van der Waals surface area contributed by atoms with Crippen LogP contribution in [0.5, 0.6) is 0 Å². The molecule has 3 rings (SSSR count). The van der Waals surface area contributed by atoms with Gasteiger partial charge in [0.25, 0.3) is 0 Å². The van der Waals surface area contributed by atoms with E-state index in [2.05, 4.69) is 16.4 Å². The molecular formula is C15H12FN3. The van der Waals surface area contributed by atoms with Crippen LogP contribution < -0.4 is 5.32 Å². The third-order valence-electron chi connectivity index (χ3n) is 3.07. The molecule has 1 heterocycles. The van der Waals surface area contributed by atoms with E-state index in [1.807, 2.05) is 0 Å². The van der Waals surface area contributed by atoms with E-state index < -0.39 is 0 Å². The largest absolute Gasteiger partial charge is 0.366 e. The van der Waals surface area contributed by atoms with Crippen molar-refractivity contribution < 1.29 is 4.39 Å². The summed E-state index contributed by atoms with van der Waals surface area (Å²) in [7, 11) is 0. The molecule has 1 aliphatic rings. The van der Waals surface area contributed by atoms with Crippen LogP contribution in [0.15, 0.2) is 36.4 Å². The lowest BCUT2D eigenvalue weighted by molar-refractivity contribution is 0.628. The van der Waals surface area contributed by atoms with E-state index in [4.69, 9.17) is 5.26 Å². The summed E-state index contributed by atoms with van der Waals surface area (Å²) < 4.78 is 12.9. The molecule has 0 bridgehead atoms. The average molecular weight is 253 g/mol. The van der Waals surface area contributed by atoms with Crippen LogP contribution >= 0.6 is 0 Å². The highest BCUT2D eigenvalue weighted by atomic mass is 19.1. The summed E-state index contributed by atoms with van der Waals surface area (Å²) in [6.45, 7) is 0. The van der Waals surface area contributed by atoms with E-state index in [0.717, 1.165) is 24.1 Å². The van der Waals surface area contributed by atoms with E-state index in [9.17, 15) is 4.39 Å². The number of rotatable bonds is 3. The molecule has 3 nitrogen and oxygen atoms in total. The van der Waals surface area contributed by atoms with Crippen molar-refractivity contribution in [2.75, 3.05) is 5.32 Å². The SMILES string of the molecule is N#Cc1ccc(-c2ccc(F)cc2)nc1NC1CC1. The maximum absolute atomic E-state index is 12.9. The number of nitriles is 1. The topological polar surface area (TPSA) is 48.7 Å². The lowest BCUT2D eigenvalue weighted by Gasteiger charge is -2.08. The summed E-state index contributed by atoms with van der Waals surface area (Å²) in [5, 5.41) is 12.3. The fourth-order valence-electron chi connectivity index (χ4n) is 1.86. The van der Waals surface area contributed by atoms with Gasteiger partial charge in [0.1, 0.15) is 17.7 Å². The summed E-state index contributed by atoms with van der Waals surface area (Å²) in [6, 6.07) is 12.3. The zero-order valence-electron chi connectivity index (χ0n) is 10.2. The Balaban J connectivity index is 1.97. The highest BCUT2D eigenvalue weighted by Crippen LogP contribution is 2.27. The molecule has 0 aliphatic heterocycles. The summed E-state index contributed by atoms with van der Waals surface area (Å²) in [6.07, 6.45) is 2.24. The molecule has 1 aromatic carbocycles. The molecule has 0 amide bonds. The molecule has 1 saturated carbocycles. The van der Waals surface area contributed by atoms with Crippen molar-refractivity contribution >= 4 is 5.82 Å². The first-order chi connectivity index (χ1) is 9.26. The molecule has 0 atom stereocenters. The van der Waals surface area contributed by atoms with Gasteiger partial charge in [0.2, 0.25) is 0 Å². The quantitative estimate of drug-likeness (QED) is 0.912. The van der Waals surface area contributed by atoms with Crippen molar-refractivity contribution in [2.45, 2.75) is 18.9 Å². The van der Waals surface area contributed by atoms with Crippen molar-refractivity contribution in [3.63, 3.8) is 0 Å². The van der Waals surface area contributed by atoms with Crippen LogP contribution in [0.4, 0.5) is 10.2 Å². The fraction of sp³-hybridized carbons (Fsp3) is 0.200. The molecule has 0 unspecified atom stereocenters. The number of nitrogens with zero attached hydrogens (tertiary/aromatic N) is 2. The Bertz CT molecular complexity index is 639. The maximum Gasteiger partial charge on any atom is 0.144 e. The van der Waals surface area contributed by atoms with Gasteiger partial charge in [0, 0.05) is 11.6 Å². The van der Waals surface area contributed by atoms with Gasteiger partial charge in [-0.15, -0.1) is 0 Å². The zero-order valence-corrected chi connectivity index (χ0v) is 10.2. The van der Waals surface area contributed by atoms with Crippen molar-refractivity contribution in [2.24, 2.45) is 0 Å². The van der Waals surface area contributed by atoms with Gasteiger partial charge < -0.3 is 5.32 Å². The van der Waals surface area contributed by atoms with E-state index in [0.29, 0.717) is 17.4 Å². The number of halogens is 1. The first kappa shape index (κ1) is 11.7. The molecule has 1 fully saturated rings. The molecule has 4 heteroatoms. The number of anilines is 1. The first-order valence-corrected chi connectivity index (χ1v) is 6.20. The van der Waals surface area contributed by atoms with E-state index >= 15 is 0 Å². The molecule has 94 valence electrons. The second-order valence-corrected chi connectivity index (χ2v) is 4.63. The Morgan fingerprint density at radius 2 is 1.89 bits per heavy atom. The van der Waals surface area contributed by atoms with Gasteiger partial charge in [-0.25, -0.2) is 9.37 Å². The van der Waals surface area contributed by atoms with Gasteiger partial charge in [0.05, 0.1) is 11.3 Å². The smallest absolute Gasteiger partial charge is 0.144 e. The van der Waals surface area contributed by atoms with Crippen LogP contribution in [-0.2, 0) is 0 Å². The third kappa shape index (κ3) is 2.55. The molecule has 0 saturated heterocycles. The summed E-state index contributed by atoms with van der Waals surface area (Å²) in [5.74, 6) is 0.348. The van der Waals surface area contributed by atoms with Gasteiger partial charge in [-0.1, -0.05) is 0 Å². The molecule has 0 radical (unpaired) electrons. The lowest BCUT2D eigenvalue weighted by atomic mass is 10.1. The molecule has 1 aromatic heterocycles. The normalized spacial score (nSPS) is 13.9. The monoisotopic (exact) mass is 253 g/mol. The van der Waals surface area contributed by atoms with Crippen LogP contribution in [0.1, 0.15) is 18.4 Å². The summed E-state index contributed by atoms with van der Waals surface area (Å²) in [4.78, 5) is 4.47. The molecule has 0 spiro atoms. The van der Waals surface area contributed by atoms with E-state index in [1.165, 1.54) is 12.1 Å². The number of hydrogen-bond acceptors (Lipinski definition) is 3. The first-order valence-electron chi connectivity index (χ1n) is 6.20. The standard InChI is InChI=1S/C15H12FN3/c16-12-4-1-10(2-5-12)14-8-3-11(9-17)15(19-14)18-13-6-7-13/h1-5,8,13H,6-7H2,(H,18,19). The number of nitrogens with one attached hydrogen (secondary N) is 1. The minimum Gasteiger partial charge on any atom is -0.366 e. The average Bonchev–Trinajstić information content (AvgIpc) is 3.23. The van der Waals surface area contributed by atoms with Crippen LogP contribution in [-0.4, -0.2) is 11.0 Å². The second kappa shape index (κ2) is 4.69. The Labute approximate surface area is 110 Å². The summed E-state index contributed by atoms with van der Waals surface area (Å²) >= 11 is 0. The second-order valence-electron chi connectivity index (χ2n) is 4.63. The van der Waals surface area contributed by atoms with Crippen molar-refractivity contribution in [3.8, 4) is 17.3 Å². The minimum absolute atomic E-state index is 0.270. The van der Waals surface area contributed by atoms with Crippen molar-refractivity contribution in [1.29, 1.82) is 5.26 Å². The molecule has 1 aliphatic carbocycles. The number of pyridine rings is 1. The Morgan fingerprint density at radius 1 is 1.16 bits per heavy atom. The molecule has 1 N–H and O–H groups in total. The van der Waals surface area contributed by atoms with Crippen LogP contribution in [0.25, 0.3) is 11.3 Å². The van der Waals surface area contributed by atoms with Gasteiger partial charge >= 0.3 is 0 Å². The minimum atomic E-state index is -0.270. The number of hydrogen-bond donors (Lipinski definition) is 1. The summed E-state index contributed by atoms with van der Waals surface area (Å²) in [5.41, 5.74) is 2.12. The predicted molar refractivity (Wildman–Crippen MR) is 71.0 cm³/mol. The zero-order chi connectivity index (χ0) is 13.2. The van der Waals surface area contributed by atoms with E-state index in [-0.39, 0.29) is 5.82 Å². The lowest BCUT2D eigenvalue weighted by Crippen LogP contribution is -2.05. The van der Waals surface area contributed by atoms with Crippen molar-refractivity contribution in [3.05, 3.63) is 47.8 Å². The van der Waals surface area contributed by atoms with Crippen LogP contribution in [0.3, 0.4) is 0 Å². The highest BCUT2D eigenvalue weighted by Gasteiger charge is 2.22. The predicted octanol–water partition coefficient (Wildman–Crippen LogP) is 3.33. The Hall–Kier alpha value is -2.41. The fourth-order valence-corrected chi connectivity index (χ4v) is 1.86. The van der Waals surface area contributed by atoms with Crippen molar-refractivity contribution in [1.82, 2.24) is 4.98 Å². The molecule has 2 aromatic rings. The van der Waals surface area contributed by atoms with Crippen LogP contribution in [0.2, 0.25) is 0 Å². The Morgan fingerprint density at radius 3 is 2.53 bits per heavy atom. The van der Waals surface area contributed by atoms with Gasteiger partial charge in [-0.2, -0.15) is 5.26 Å². The molecule has 19 heavy (non-hydrogen) atoms. The van der Waals surface area contributed by atoms with Gasteiger partial charge in [0.15, 0.2) is 0 Å². The number of benzene rings is 1. The Kier molecular flexibility index (Phi) is 2.88. The van der Waals surface area contributed by atoms with Gasteiger partial charge in [-0.3, -0.25) is 0 Å². The maximum atomic E-state index is 12.9. The number of aromatic nitrogens is 1. The third-order valence-corrected chi connectivity index (χ3v) is 3.07. The van der Waals surface area contributed by atoms with E-state index in [1.54, 1.807) is 24.3 Å². The molecular weight excluding hydrogens is 241 g/mol. The van der Waals surface area contributed by atoms with Gasteiger partial charge in [-0.05, 0) is 49.2 Å². The van der Waals surface area contributed by atoms with Crippen LogP contribution in [0, 0.1) is 17.1 Å². The highest BCUT2D eigenvalue weighted by molar-refractivity contribution is 5.65.